The number of nitrogens with one attached hydrogen (secondary N) is 1. The Morgan fingerprint density at radius 2 is 2.13 bits per heavy atom. The molecule has 0 bridgehead atoms. The number of carbonyl (C=O) groups excluding carboxylic acids is 1. The summed E-state index contributed by atoms with van der Waals surface area (Å²) in [6.45, 7) is 6.47. The molecule has 0 aliphatic rings. The van der Waals surface area contributed by atoms with Gasteiger partial charge < -0.3 is 10.1 Å². The lowest BCUT2D eigenvalue weighted by atomic mass is 10.1. The molecule has 0 aromatic rings. The molecule has 0 aliphatic heterocycles. The van der Waals surface area contributed by atoms with Gasteiger partial charge in [-0.15, -0.1) is 0 Å². The molecular weight excluding hydrogens is 210 g/mol. The summed E-state index contributed by atoms with van der Waals surface area (Å²) in [4.78, 5) is 11.6. The minimum absolute atomic E-state index is 0.118. The monoisotopic (exact) mass is 233 g/mol. The molecule has 0 amide bonds. The molecule has 0 fully saturated rings. The molecule has 15 heavy (non-hydrogen) atoms. The maximum atomic E-state index is 11.6. The molecule has 4 heteroatoms. The summed E-state index contributed by atoms with van der Waals surface area (Å²) in [7, 11) is 0. The van der Waals surface area contributed by atoms with Crippen molar-refractivity contribution in [3.05, 3.63) is 0 Å². The van der Waals surface area contributed by atoms with E-state index in [1.54, 1.807) is 11.8 Å². The van der Waals surface area contributed by atoms with Gasteiger partial charge in [0.05, 0.1) is 6.61 Å². The van der Waals surface area contributed by atoms with E-state index >= 15 is 0 Å². The summed E-state index contributed by atoms with van der Waals surface area (Å²) in [5.74, 6) is 0.895. The molecule has 2 atom stereocenters. The van der Waals surface area contributed by atoms with Gasteiger partial charge in [-0.1, -0.05) is 13.3 Å². The molecule has 3 nitrogen and oxygen atoms in total. The summed E-state index contributed by atoms with van der Waals surface area (Å²) < 4.78 is 5.03. The summed E-state index contributed by atoms with van der Waals surface area (Å²) in [5, 5.41) is 3.31. The fourth-order valence-corrected chi connectivity index (χ4v) is 2.04. The van der Waals surface area contributed by atoms with Gasteiger partial charge >= 0.3 is 5.97 Å². The molecular formula is C11H23NO2S. The number of rotatable bonds is 8. The van der Waals surface area contributed by atoms with E-state index in [0.29, 0.717) is 12.6 Å². The standard InChI is InChI=1S/C11H23NO2S/c1-5-7-10(11(13)14-6-2)12-9(3)8-15-4/h9-10,12H,5-8H2,1-4H3. The maximum absolute atomic E-state index is 11.6. The van der Waals surface area contributed by atoms with Crippen molar-refractivity contribution in [2.45, 2.75) is 45.7 Å². The lowest BCUT2D eigenvalue weighted by molar-refractivity contribution is -0.146. The first kappa shape index (κ1) is 14.8. The largest absolute Gasteiger partial charge is 0.465 e. The molecule has 0 saturated carbocycles. The Balaban J connectivity index is 4.07. The van der Waals surface area contributed by atoms with Crippen LogP contribution in [0.4, 0.5) is 0 Å². The Labute approximate surface area is 97.3 Å². The predicted octanol–water partition coefficient (Wildman–Crippen LogP) is 2.06. The summed E-state index contributed by atoms with van der Waals surface area (Å²) in [6.07, 6.45) is 3.90. The fourth-order valence-electron chi connectivity index (χ4n) is 1.44. The Morgan fingerprint density at radius 1 is 1.47 bits per heavy atom. The number of carbonyl (C=O) groups is 1. The highest BCUT2D eigenvalue weighted by molar-refractivity contribution is 7.98. The Bertz CT molecular complexity index is 176. The molecule has 0 radical (unpaired) electrons. The molecule has 0 aromatic carbocycles. The smallest absolute Gasteiger partial charge is 0.323 e. The topological polar surface area (TPSA) is 38.3 Å². The van der Waals surface area contributed by atoms with Gasteiger partial charge in [-0.25, -0.2) is 0 Å². The van der Waals surface area contributed by atoms with Crippen LogP contribution in [0.25, 0.3) is 0 Å². The van der Waals surface area contributed by atoms with Crippen molar-refractivity contribution in [3.63, 3.8) is 0 Å². The lowest BCUT2D eigenvalue weighted by Gasteiger charge is -2.20. The van der Waals surface area contributed by atoms with Crippen LogP contribution in [0.5, 0.6) is 0 Å². The number of ether oxygens (including phenoxy) is 1. The van der Waals surface area contributed by atoms with Crippen molar-refractivity contribution in [3.8, 4) is 0 Å². The third kappa shape index (κ3) is 6.79. The van der Waals surface area contributed by atoms with Crippen LogP contribution in [-0.2, 0) is 9.53 Å². The van der Waals surface area contributed by atoms with Gasteiger partial charge in [-0.3, -0.25) is 4.79 Å². The summed E-state index contributed by atoms with van der Waals surface area (Å²) in [5.41, 5.74) is 0. The van der Waals surface area contributed by atoms with Gasteiger partial charge in [0.1, 0.15) is 6.04 Å². The van der Waals surface area contributed by atoms with Crippen molar-refractivity contribution in [1.82, 2.24) is 5.32 Å². The number of thioether (sulfide) groups is 1. The average Bonchev–Trinajstić information content (AvgIpc) is 2.18. The van der Waals surface area contributed by atoms with Crippen molar-refractivity contribution >= 4 is 17.7 Å². The molecule has 0 saturated heterocycles. The lowest BCUT2D eigenvalue weighted by Crippen LogP contribution is -2.44. The SMILES string of the molecule is CCCC(NC(C)CSC)C(=O)OCC. The summed E-state index contributed by atoms with van der Waals surface area (Å²) >= 11 is 1.78. The van der Waals surface area contributed by atoms with Gasteiger partial charge in [0.2, 0.25) is 0 Å². The second-order valence-corrected chi connectivity index (χ2v) is 4.53. The second-order valence-electron chi connectivity index (χ2n) is 3.62. The molecule has 0 spiro atoms. The van der Waals surface area contributed by atoms with E-state index in [0.717, 1.165) is 18.6 Å². The Hall–Kier alpha value is -0.220. The second kappa shape index (κ2) is 9.04. The van der Waals surface area contributed by atoms with Crippen LogP contribution in [-0.4, -0.2) is 36.7 Å². The van der Waals surface area contributed by atoms with E-state index in [4.69, 9.17) is 4.74 Å². The number of hydrogen-bond donors (Lipinski definition) is 1. The third-order valence-corrected chi connectivity index (χ3v) is 2.88. The number of esters is 1. The van der Waals surface area contributed by atoms with Crippen molar-refractivity contribution in [2.24, 2.45) is 0 Å². The molecule has 0 rings (SSSR count). The van der Waals surface area contributed by atoms with Crippen LogP contribution in [0.2, 0.25) is 0 Å². The van der Waals surface area contributed by atoms with E-state index in [-0.39, 0.29) is 12.0 Å². The minimum Gasteiger partial charge on any atom is -0.465 e. The van der Waals surface area contributed by atoms with Gasteiger partial charge in [-0.2, -0.15) is 11.8 Å². The highest BCUT2D eigenvalue weighted by atomic mass is 32.2. The minimum atomic E-state index is -0.142. The van der Waals surface area contributed by atoms with Gasteiger partial charge in [0.25, 0.3) is 0 Å². The Morgan fingerprint density at radius 3 is 2.60 bits per heavy atom. The van der Waals surface area contributed by atoms with Crippen LogP contribution < -0.4 is 5.32 Å². The first-order valence-corrected chi connectivity index (χ1v) is 6.96. The zero-order valence-corrected chi connectivity index (χ0v) is 11.0. The van der Waals surface area contributed by atoms with Gasteiger partial charge in [0.15, 0.2) is 0 Å². The zero-order chi connectivity index (χ0) is 11.7. The molecule has 0 aromatic heterocycles. The van der Waals surface area contributed by atoms with E-state index in [2.05, 4.69) is 25.4 Å². The first-order chi connectivity index (χ1) is 7.15. The highest BCUT2D eigenvalue weighted by Crippen LogP contribution is 2.04. The van der Waals surface area contributed by atoms with E-state index < -0.39 is 0 Å². The van der Waals surface area contributed by atoms with Crippen LogP contribution >= 0.6 is 11.8 Å². The van der Waals surface area contributed by atoms with E-state index in [1.807, 2.05) is 6.92 Å². The van der Waals surface area contributed by atoms with Crippen molar-refractivity contribution < 1.29 is 9.53 Å². The quantitative estimate of drug-likeness (QED) is 0.651. The molecule has 90 valence electrons. The predicted molar refractivity (Wildman–Crippen MR) is 66.3 cm³/mol. The zero-order valence-electron chi connectivity index (χ0n) is 10.2. The molecule has 1 N–H and O–H groups in total. The maximum Gasteiger partial charge on any atom is 0.323 e. The molecule has 0 heterocycles. The van der Waals surface area contributed by atoms with E-state index in [9.17, 15) is 4.79 Å². The van der Waals surface area contributed by atoms with Crippen LogP contribution in [0.1, 0.15) is 33.6 Å². The normalized spacial score (nSPS) is 14.7. The van der Waals surface area contributed by atoms with Crippen LogP contribution in [0, 0.1) is 0 Å². The Kier molecular flexibility index (Phi) is 8.91. The van der Waals surface area contributed by atoms with E-state index in [1.165, 1.54) is 0 Å². The molecule has 2 unspecified atom stereocenters. The van der Waals surface area contributed by atoms with Crippen LogP contribution in [0.3, 0.4) is 0 Å². The average molecular weight is 233 g/mol. The van der Waals surface area contributed by atoms with Gasteiger partial charge in [0, 0.05) is 11.8 Å². The first-order valence-electron chi connectivity index (χ1n) is 5.57. The highest BCUT2D eigenvalue weighted by Gasteiger charge is 2.20. The van der Waals surface area contributed by atoms with Crippen LogP contribution in [0.15, 0.2) is 0 Å². The summed E-state index contributed by atoms with van der Waals surface area (Å²) in [6, 6.07) is 0.207. The number of hydrogen-bond acceptors (Lipinski definition) is 4. The van der Waals surface area contributed by atoms with Crippen molar-refractivity contribution in [2.75, 3.05) is 18.6 Å². The fraction of sp³-hybridized carbons (Fsp3) is 0.909. The molecule has 0 aliphatic carbocycles. The van der Waals surface area contributed by atoms with Crippen molar-refractivity contribution in [1.29, 1.82) is 0 Å². The van der Waals surface area contributed by atoms with Gasteiger partial charge in [-0.05, 0) is 26.5 Å². The third-order valence-electron chi connectivity index (χ3n) is 2.05.